The van der Waals surface area contributed by atoms with E-state index < -0.39 is 0 Å². The lowest BCUT2D eigenvalue weighted by molar-refractivity contribution is 0.153. The molecule has 0 amide bonds. The number of benzene rings is 1. The highest BCUT2D eigenvalue weighted by atomic mass is 16.3. The van der Waals surface area contributed by atoms with E-state index in [1.165, 1.54) is 31.4 Å². The molecule has 118 valence electrons. The van der Waals surface area contributed by atoms with Crippen molar-refractivity contribution >= 4 is 5.69 Å². The minimum absolute atomic E-state index is 0.392. The fourth-order valence-corrected chi connectivity index (χ4v) is 3.48. The second-order valence-corrected chi connectivity index (χ2v) is 7.92. The fraction of sp³-hybridized carbons (Fsp3) is 0.684. The molecule has 0 aromatic heterocycles. The SMILES string of the molecule is Cc1cc(NCC2CCC(C(C)(C)C)CC2)c(C)cc1O. The predicted molar refractivity (Wildman–Crippen MR) is 91.0 cm³/mol. The Morgan fingerprint density at radius 1 is 1.05 bits per heavy atom. The Balaban J connectivity index is 1.87. The molecule has 2 nitrogen and oxygen atoms in total. The van der Waals surface area contributed by atoms with Gasteiger partial charge in [0.05, 0.1) is 0 Å². The van der Waals surface area contributed by atoms with Gasteiger partial charge < -0.3 is 10.4 Å². The molecule has 0 spiro atoms. The van der Waals surface area contributed by atoms with Gasteiger partial charge in [-0.2, -0.15) is 0 Å². The van der Waals surface area contributed by atoms with E-state index in [9.17, 15) is 5.11 Å². The van der Waals surface area contributed by atoms with Crippen LogP contribution in [-0.4, -0.2) is 11.7 Å². The summed E-state index contributed by atoms with van der Waals surface area (Å²) in [6.45, 7) is 12.2. The highest BCUT2D eigenvalue weighted by molar-refractivity contribution is 5.56. The van der Waals surface area contributed by atoms with Crippen LogP contribution >= 0.6 is 0 Å². The van der Waals surface area contributed by atoms with Crippen LogP contribution in [0, 0.1) is 31.1 Å². The van der Waals surface area contributed by atoms with Crippen LogP contribution in [0.15, 0.2) is 12.1 Å². The molecule has 2 N–H and O–H groups in total. The summed E-state index contributed by atoms with van der Waals surface area (Å²) in [7, 11) is 0. The first-order valence-electron chi connectivity index (χ1n) is 8.31. The topological polar surface area (TPSA) is 32.3 Å². The molecule has 2 rings (SSSR count). The van der Waals surface area contributed by atoms with Crippen LogP contribution in [-0.2, 0) is 0 Å². The maximum atomic E-state index is 9.72. The Morgan fingerprint density at radius 3 is 2.24 bits per heavy atom. The number of aromatic hydroxyl groups is 1. The van der Waals surface area contributed by atoms with Gasteiger partial charge in [-0.15, -0.1) is 0 Å². The zero-order valence-electron chi connectivity index (χ0n) is 14.3. The van der Waals surface area contributed by atoms with Crippen LogP contribution in [0.25, 0.3) is 0 Å². The summed E-state index contributed by atoms with van der Waals surface area (Å²) in [5, 5.41) is 13.3. The predicted octanol–water partition coefficient (Wildman–Crippen LogP) is 5.27. The Kier molecular flexibility index (Phi) is 4.85. The highest BCUT2D eigenvalue weighted by Gasteiger charge is 2.29. The van der Waals surface area contributed by atoms with Gasteiger partial charge in [0.15, 0.2) is 0 Å². The summed E-state index contributed by atoms with van der Waals surface area (Å²) in [4.78, 5) is 0. The number of hydrogen-bond acceptors (Lipinski definition) is 2. The minimum atomic E-state index is 0.392. The third-order valence-electron chi connectivity index (χ3n) is 5.20. The third-order valence-corrected chi connectivity index (χ3v) is 5.20. The molecule has 1 aliphatic rings. The second-order valence-electron chi connectivity index (χ2n) is 7.92. The lowest BCUT2D eigenvalue weighted by atomic mass is 9.70. The van der Waals surface area contributed by atoms with E-state index in [2.05, 4.69) is 39.1 Å². The number of aryl methyl sites for hydroxylation is 2. The summed E-state index contributed by atoms with van der Waals surface area (Å²) in [5.74, 6) is 2.06. The summed E-state index contributed by atoms with van der Waals surface area (Å²) in [6.07, 6.45) is 5.41. The summed E-state index contributed by atoms with van der Waals surface area (Å²) < 4.78 is 0. The molecule has 1 aliphatic carbocycles. The van der Waals surface area contributed by atoms with Crippen molar-refractivity contribution in [3.8, 4) is 5.75 Å². The number of nitrogens with one attached hydrogen (secondary N) is 1. The zero-order chi connectivity index (χ0) is 15.6. The molecule has 1 saturated carbocycles. The standard InChI is InChI=1S/C19H31NO/c1-13-11-18(21)14(2)10-17(13)20-12-15-6-8-16(9-7-15)19(3,4)5/h10-11,15-16,20-21H,6-9,12H2,1-5H3. The normalized spacial score (nSPS) is 23.1. The van der Waals surface area contributed by atoms with Gasteiger partial charge in [0, 0.05) is 12.2 Å². The van der Waals surface area contributed by atoms with Crippen molar-refractivity contribution in [1.29, 1.82) is 0 Å². The molecule has 21 heavy (non-hydrogen) atoms. The van der Waals surface area contributed by atoms with E-state index in [0.29, 0.717) is 11.2 Å². The first-order valence-corrected chi connectivity index (χ1v) is 8.31. The summed E-state index contributed by atoms with van der Waals surface area (Å²) in [6, 6.07) is 3.92. The fourth-order valence-electron chi connectivity index (χ4n) is 3.48. The minimum Gasteiger partial charge on any atom is -0.508 e. The molecular weight excluding hydrogens is 258 g/mol. The number of phenols is 1. The van der Waals surface area contributed by atoms with Crippen LogP contribution in [0.4, 0.5) is 5.69 Å². The van der Waals surface area contributed by atoms with Crippen LogP contribution in [0.1, 0.15) is 57.6 Å². The third kappa shape index (κ3) is 4.15. The van der Waals surface area contributed by atoms with Crippen LogP contribution in [0.5, 0.6) is 5.75 Å². The van der Waals surface area contributed by atoms with Crippen LogP contribution in [0.2, 0.25) is 0 Å². The Bertz CT molecular complexity index is 479. The smallest absolute Gasteiger partial charge is 0.118 e. The number of hydrogen-bond donors (Lipinski definition) is 2. The average Bonchev–Trinajstić information content (AvgIpc) is 2.41. The number of rotatable bonds is 3. The van der Waals surface area contributed by atoms with Crippen LogP contribution in [0.3, 0.4) is 0 Å². The average molecular weight is 289 g/mol. The molecular formula is C19H31NO. The van der Waals surface area contributed by atoms with Crippen molar-refractivity contribution in [2.45, 2.75) is 60.3 Å². The van der Waals surface area contributed by atoms with E-state index in [-0.39, 0.29) is 0 Å². The number of anilines is 1. The van der Waals surface area contributed by atoms with Gasteiger partial charge in [-0.1, -0.05) is 20.8 Å². The monoisotopic (exact) mass is 289 g/mol. The maximum absolute atomic E-state index is 9.72. The quantitative estimate of drug-likeness (QED) is 0.743. The first kappa shape index (κ1) is 16.2. The van der Waals surface area contributed by atoms with Gasteiger partial charge in [-0.05, 0) is 80.0 Å². The molecule has 0 heterocycles. The van der Waals surface area contributed by atoms with Gasteiger partial charge in [-0.3, -0.25) is 0 Å². The molecule has 2 heteroatoms. The molecule has 0 saturated heterocycles. The van der Waals surface area contributed by atoms with Crippen molar-refractivity contribution in [3.63, 3.8) is 0 Å². The van der Waals surface area contributed by atoms with Crippen molar-refractivity contribution in [2.24, 2.45) is 17.3 Å². The van der Waals surface area contributed by atoms with E-state index in [4.69, 9.17) is 0 Å². The van der Waals surface area contributed by atoms with Crippen molar-refractivity contribution in [2.75, 3.05) is 11.9 Å². The number of phenolic OH excluding ortho intramolecular Hbond substituents is 1. The van der Waals surface area contributed by atoms with Gasteiger partial charge in [-0.25, -0.2) is 0 Å². The Hall–Kier alpha value is -1.18. The van der Waals surface area contributed by atoms with Gasteiger partial charge in [0.2, 0.25) is 0 Å². The van der Waals surface area contributed by atoms with Crippen molar-refractivity contribution < 1.29 is 5.11 Å². The van der Waals surface area contributed by atoms with Crippen molar-refractivity contribution in [3.05, 3.63) is 23.3 Å². The molecule has 1 aromatic rings. The van der Waals surface area contributed by atoms with Crippen LogP contribution < -0.4 is 5.32 Å². The van der Waals surface area contributed by atoms with Gasteiger partial charge in [0.25, 0.3) is 0 Å². The molecule has 0 unspecified atom stereocenters. The largest absolute Gasteiger partial charge is 0.508 e. The summed E-state index contributed by atoms with van der Waals surface area (Å²) in [5.41, 5.74) is 3.70. The lowest BCUT2D eigenvalue weighted by Gasteiger charge is -2.37. The zero-order valence-corrected chi connectivity index (χ0v) is 14.3. The van der Waals surface area contributed by atoms with E-state index >= 15 is 0 Å². The van der Waals surface area contributed by atoms with E-state index in [0.717, 1.165) is 29.5 Å². The summed E-state index contributed by atoms with van der Waals surface area (Å²) >= 11 is 0. The van der Waals surface area contributed by atoms with E-state index in [1.807, 2.05) is 13.0 Å². The van der Waals surface area contributed by atoms with E-state index in [1.54, 1.807) is 0 Å². The molecule has 1 aromatic carbocycles. The lowest BCUT2D eigenvalue weighted by Crippen LogP contribution is -2.28. The molecule has 0 bridgehead atoms. The van der Waals surface area contributed by atoms with Gasteiger partial charge >= 0.3 is 0 Å². The molecule has 0 atom stereocenters. The maximum Gasteiger partial charge on any atom is 0.118 e. The van der Waals surface area contributed by atoms with Crippen molar-refractivity contribution in [1.82, 2.24) is 0 Å². The second kappa shape index (κ2) is 6.29. The highest BCUT2D eigenvalue weighted by Crippen LogP contribution is 2.39. The molecule has 0 radical (unpaired) electrons. The first-order chi connectivity index (χ1) is 9.77. The molecule has 1 fully saturated rings. The van der Waals surface area contributed by atoms with Gasteiger partial charge in [0.1, 0.15) is 5.75 Å². The Labute approximate surface area is 130 Å². The molecule has 0 aliphatic heterocycles. The Morgan fingerprint density at radius 2 is 1.67 bits per heavy atom.